The summed E-state index contributed by atoms with van der Waals surface area (Å²) in [6, 6.07) is 20.0. The molecule has 0 radical (unpaired) electrons. The molecular weight excluding hydrogens is 302 g/mol. The van der Waals surface area contributed by atoms with Gasteiger partial charge in [-0.25, -0.2) is 0 Å². The van der Waals surface area contributed by atoms with Gasteiger partial charge in [-0.15, -0.1) is 0 Å². The maximum Gasteiger partial charge on any atom is 0.217 e. The maximum atomic E-state index is 11.4. The number of nitrogens with one attached hydrogen (secondary N) is 1. The number of benzene rings is 2. The van der Waals surface area contributed by atoms with E-state index in [0.29, 0.717) is 0 Å². The number of alkyl halides is 1. The molecule has 2 aromatic carbocycles. The summed E-state index contributed by atoms with van der Waals surface area (Å²) in [5, 5.41) is 3.01. The zero-order valence-corrected chi connectivity index (χ0v) is 12.3. The molecule has 0 bridgehead atoms. The molecule has 0 aliphatic rings. The molecule has 2 rings (SSSR count). The average molecular weight is 318 g/mol. The first-order valence-electron chi connectivity index (χ1n) is 6.19. The lowest BCUT2D eigenvalue weighted by atomic mass is 9.98. The maximum absolute atomic E-state index is 11.4. The van der Waals surface area contributed by atoms with E-state index in [2.05, 4.69) is 33.4 Å². The number of carbonyl (C=O) groups excluding carboxylic acids is 1. The highest BCUT2D eigenvalue weighted by molar-refractivity contribution is 9.09. The largest absolute Gasteiger partial charge is 0.348 e. The Hall–Kier alpha value is -1.61. The molecule has 0 unspecified atom stereocenters. The van der Waals surface area contributed by atoms with Gasteiger partial charge in [0.05, 0.1) is 10.9 Å². The second-order valence-electron chi connectivity index (χ2n) is 4.40. The highest BCUT2D eigenvalue weighted by atomic mass is 79.9. The summed E-state index contributed by atoms with van der Waals surface area (Å²) >= 11 is 3.70. The lowest BCUT2D eigenvalue weighted by Crippen LogP contribution is -2.28. The van der Waals surface area contributed by atoms with Gasteiger partial charge in [0.1, 0.15) is 0 Å². The molecule has 0 saturated carbocycles. The molecule has 0 heterocycles. The van der Waals surface area contributed by atoms with E-state index < -0.39 is 0 Å². The van der Waals surface area contributed by atoms with Crippen LogP contribution in [0.25, 0.3) is 0 Å². The van der Waals surface area contributed by atoms with Crippen molar-refractivity contribution in [2.45, 2.75) is 17.8 Å². The zero-order chi connectivity index (χ0) is 13.7. The molecular formula is C16H16BrNO. The summed E-state index contributed by atoms with van der Waals surface area (Å²) in [4.78, 5) is 11.5. The lowest BCUT2D eigenvalue weighted by Gasteiger charge is -2.24. The predicted octanol–water partition coefficient (Wildman–Crippen LogP) is 4.00. The quantitative estimate of drug-likeness (QED) is 0.848. The summed E-state index contributed by atoms with van der Waals surface area (Å²) in [6.07, 6.45) is 0. The first-order chi connectivity index (χ1) is 9.18. The molecule has 2 aromatic rings. The predicted molar refractivity (Wildman–Crippen MR) is 81.1 cm³/mol. The van der Waals surface area contributed by atoms with E-state index in [1.54, 1.807) is 6.92 Å². The number of hydrogen-bond donors (Lipinski definition) is 1. The lowest BCUT2D eigenvalue weighted by molar-refractivity contribution is -0.119. The van der Waals surface area contributed by atoms with Crippen molar-refractivity contribution in [3.05, 3.63) is 71.8 Å². The van der Waals surface area contributed by atoms with E-state index >= 15 is 0 Å². The summed E-state index contributed by atoms with van der Waals surface area (Å²) in [5.41, 5.74) is 2.23. The third-order valence-corrected chi connectivity index (χ3v) is 3.99. The Labute approximate surface area is 122 Å². The first-order valence-corrected chi connectivity index (χ1v) is 7.11. The summed E-state index contributed by atoms with van der Waals surface area (Å²) in [6.45, 7) is 1.54. The molecule has 2 nitrogen and oxygen atoms in total. The standard InChI is InChI=1S/C16H16BrNO/c1-12(19)18-16(14-10-6-3-7-11-14)15(17)13-8-4-2-5-9-13/h2-11,15-16H,1H3,(H,18,19)/t15-,16+/m0/s1. The topological polar surface area (TPSA) is 29.1 Å². The van der Waals surface area contributed by atoms with Gasteiger partial charge < -0.3 is 5.32 Å². The normalized spacial score (nSPS) is 13.6. The fraction of sp³-hybridized carbons (Fsp3) is 0.188. The molecule has 3 heteroatoms. The van der Waals surface area contributed by atoms with E-state index in [1.165, 1.54) is 0 Å². The minimum absolute atomic E-state index is 0.0331. The van der Waals surface area contributed by atoms with E-state index in [9.17, 15) is 4.79 Å². The monoisotopic (exact) mass is 317 g/mol. The van der Waals surface area contributed by atoms with Crippen molar-refractivity contribution >= 4 is 21.8 Å². The molecule has 0 aliphatic carbocycles. The van der Waals surface area contributed by atoms with E-state index in [1.807, 2.05) is 48.5 Å². The smallest absolute Gasteiger partial charge is 0.217 e. The first kappa shape index (κ1) is 13.8. The van der Waals surface area contributed by atoms with Crippen molar-refractivity contribution in [2.75, 3.05) is 0 Å². The second kappa shape index (κ2) is 6.53. The van der Waals surface area contributed by atoms with Crippen molar-refractivity contribution in [3.8, 4) is 0 Å². The highest BCUT2D eigenvalue weighted by Gasteiger charge is 2.22. The minimum atomic E-state index is -0.0823. The van der Waals surface area contributed by atoms with Crippen LogP contribution in [0.5, 0.6) is 0 Å². The van der Waals surface area contributed by atoms with Crippen LogP contribution in [0, 0.1) is 0 Å². The van der Waals surface area contributed by atoms with Crippen LogP contribution < -0.4 is 5.32 Å². The average Bonchev–Trinajstić information content (AvgIpc) is 2.46. The Bertz CT molecular complexity index is 527. The highest BCUT2D eigenvalue weighted by Crippen LogP contribution is 2.35. The van der Waals surface area contributed by atoms with Crippen LogP contribution in [0.2, 0.25) is 0 Å². The van der Waals surface area contributed by atoms with Crippen molar-refractivity contribution in [2.24, 2.45) is 0 Å². The number of rotatable bonds is 4. The van der Waals surface area contributed by atoms with E-state index in [0.717, 1.165) is 11.1 Å². The molecule has 0 saturated heterocycles. The third kappa shape index (κ3) is 3.67. The Morgan fingerprint density at radius 1 is 0.947 bits per heavy atom. The minimum Gasteiger partial charge on any atom is -0.348 e. The van der Waals surface area contributed by atoms with Crippen molar-refractivity contribution < 1.29 is 4.79 Å². The van der Waals surface area contributed by atoms with Crippen LogP contribution in [0.15, 0.2) is 60.7 Å². The fourth-order valence-electron chi connectivity index (χ4n) is 2.03. The van der Waals surface area contributed by atoms with Crippen LogP contribution in [0.4, 0.5) is 0 Å². The van der Waals surface area contributed by atoms with Gasteiger partial charge in [-0.1, -0.05) is 76.6 Å². The van der Waals surface area contributed by atoms with Crippen molar-refractivity contribution in [3.63, 3.8) is 0 Å². The number of amides is 1. The van der Waals surface area contributed by atoms with Crippen LogP contribution >= 0.6 is 15.9 Å². The van der Waals surface area contributed by atoms with E-state index in [-0.39, 0.29) is 16.8 Å². The summed E-state index contributed by atoms with van der Waals surface area (Å²) in [7, 11) is 0. The molecule has 1 amide bonds. The summed E-state index contributed by atoms with van der Waals surface area (Å²) < 4.78 is 0. The number of hydrogen-bond acceptors (Lipinski definition) is 1. The van der Waals surface area contributed by atoms with Crippen LogP contribution in [-0.2, 0) is 4.79 Å². The van der Waals surface area contributed by atoms with Gasteiger partial charge in [0.15, 0.2) is 0 Å². The van der Waals surface area contributed by atoms with E-state index in [4.69, 9.17) is 0 Å². The molecule has 98 valence electrons. The Morgan fingerprint density at radius 2 is 1.42 bits per heavy atom. The van der Waals surface area contributed by atoms with Gasteiger partial charge in [0, 0.05) is 6.92 Å². The Kier molecular flexibility index (Phi) is 4.74. The SMILES string of the molecule is CC(=O)N[C@H](c1ccccc1)[C@@H](Br)c1ccccc1. The van der Waals surface area contributed by atoms with Gasteiger partial charge in [0.2, 0.25) is 5.91 Å². The van der Waals surface area contributed by atoms with Crippen LogP contribution in [-0.4, -0.2) is 5.91 Å². The third-order valence-electron chi connectivity index (χ3n) is 2.93. The van der Waals surface area contributed by atoms with Crippen molar-refractivity contribution in [1.82, 2.24) is 5.32 Å². The Balaban J connectivity index is 2.30. The molecule has 0 spiro atoms. The molecule has 0 fully saturated rings. The number of halogens is 1. The fourth-order valence-corrected chi connectivity index (χ4v) is 2.78. The Morgan fingerprint density at radius 3 is 1.89 bits per heavy atom. The molecule has 19 heavy (non-hydrogen) atoms. The summed E-state index contributed by atoms with van der Waals surface area (Å²) in [5.74, 6) is -0.0331. The van der Waals surface area contributed by atoms with Gasteiger partial charge in [-0.05, 0) is 11.1 Å². The van der Waals surface area contributed by atoms with Crippen LogP contribution in [0.3, 0.4) is 0 Å². The zero-order valence-electron chi connectivity index (χ0n) is 10.7. The molecule has 1 N–H and O–H groups in total. The van der Waals surface area contributed by atoms with Gasteiger partial charge in [0.25, 0.3) is 0 Å². The van der Waals surface area contributed by atoms with Crippen LogP contribution in [0.1, 0.15) is 28.9 Å². The van der Waals surface area contributed by atoms with Gasteiger partial charge in [-0.2, -0.15) is 0 Å². The number of carbonyl (C=O) groups is 1. The molecule has 0 aliphatic heterocycles. The molecule has 2 atom stereocenters. The second-order valence-corrected chi connectivity index (χ2v) is 5.39. The van der Waals surface area contributed by atoms with Crippen molar-refractivity contribution in [1.29, 1.82) is 0 Å². The van der Waals surface area contributed by atoms with Gasteiger partial charge >= 0.3 is 0 Å². The van der Waals surface area contributed by atoms with Gasteiger partial charge in [-0.3, -0.25) is 4.79 Å². The molecule has 0 aromatic heterocycles.